The summed E-state index contributed by atoms with van der Waals surface area (Å²) in [7, 11) is 0. The number of hydrogen-bond acceptors (Lipinski definition) is 1. The second-order valence-electron chi connectivity index (χ2n) is 3.96. The number of benzene rings is 1. The molecule has 0 radical (unpaired) electrons. The van der Waals surface area contributed by atoms with Crippen LogP contribution in [0.4, 0.5) is 13.2 Å². The predicted octanol–water partition coefficient (Wildman–Crippen LogP) is 4.74. The van der Waals surface area contributed by atoms with Gasteiger partial charge < -0.3 is 4.98 Å². The van der Waals surface area contributed by atoms with Crippen LogP contribution in [0.5, 0.6) is 0 Å². The van der Waals surface area contributed by atoms with Gasteiger partial charge >= 0.3 is 6.18 Å². The van der Waals surface area contributed by atoms with Gasteiger partial charge in [0.05, 0.1) is 5.56 Å². The normalized spacial score (nSPS) is 11.6. The number of aromatic nitrogens is 1. The van der Waals surface area contributed by atoms with Crippen molar-refractivity contribution in [3.05, 3.63) is 52.2 Å². The molecule has 0 aliphatic heterocycles. The van der Waals surface area contributed by atoms with Gasteiger partial charge in [-0.2, -0.15) is 13.2 Å². The average Bonchev–Trinajstić information content (AvgIpc) is 2.27. The van der Waals surface area contributed by atoms with E-state index in [2.05, 4.69) is 4.98 Å². The highest BCUT2D eigenvalue weighted by Crippen LogP contribution is 2.32. The summed E-state index contributed by atoms with van der Waals surface area (Å²) in [5.74, 6) is 0. The van der Waals surface area contributed by atoms with E-state index in [0.29, 0.717) is 5.69 Å². The summed E-state index contributed by atoms with van der Waals surface area (Å²) in [6.45, 7) is 1.84. The minimum Gasteiger partial charge on any atom is -0.346 e. The Hall–Kier alpha value is -1.62. The van der Waals surface area contributed by atoms with Crippen LogP contribution in [0.15, 0.2) is 36.4 Å². The van der Waals surface area contributed by atoms with Crippen LogP contribution in [0.25, 0.3) is 11.3 Å². The van der Waals surface area contributed by atoms with E-state index in [4.69, 9.17) is 12.2 Å². The van der Waals surface area contributed by atoms with Crippen LogP contribution in [-0.4, -0.2) is 4.98 Å². The number of hydrogen-bond donors (Lipinski definition) is 1. The molecule has 0 bridgehead atoms. The van der Waals surface area contributed by atoms with Gasteiger partial charge in [0, 0.05) is 11.3 Å². The molecule has 0 aliphatic carbocycles. The molecule has 0 saturated carbocycles. The van der Waals surface area contributed by atoms with E-state index >= 15 is 0 Å². The van der Waals surface area contributed by atoms with Crippen molar-refractivity contribution in [2.75, 3.05) is 0 Å². The van der Waals surface area contributed by atoms with Gasteiger partial charge in [0.25, 0.3) is 0 Å². The molecule has 18 heavy (non-hydrogen) atoms. The largest absolute Gasteiger partial charge is 0.416 e. The highest BCUT2D eigenvalue weighted by Gasteiger charge is 2.31. The summed E-state index contributed by atoms with van der Waals surface area (Å²) < 4.78 is 38.2. The van der Waals surface area contributed by atoms with Gasteiger partial charge in [0.1, 0.15) is 4.64 Å². The van der Waals surface area contributed by atoms with Crippen molar-refractivity contribution in [2.45, 2.75) is 13.1 Å². The number of rotatable bonds is 1. The Kier molecular flexibility index (Phi) is 3.26. The molecule has 94 valence electrons. The lowest BCUT2D eigenvalue weighted by atomic mass is 10.0. The molecule has 1 N–H and O–H groups in total. The first-order valence-corrected chi connectivity index (χ1v) is 5.66. The SMILES string of the molecule is Cc1ccccc1-c1cc(C(F)(F)F)cc(=S)[nH]1. The van der Waals surface area contributed by atoms with E-state index in [0.717, 1.165) is 23.3 Å². The zero-order valence-corrected chi connectivity index (χ0v) is 10.3. The van der Waals surface area contributed by atoms with Crippen LogP contribution in [0.3, 0.4) is 0 Å². The fourth-order valence-electron chi connectivity index (χ4n) is 1.73. The maximum Gasteiger partial charge on any atom is 0.416 e. The lowest BCUT2D eigenvalue weighted by molar-refractivity contribution is -0.137. The molecule has 0 amide bonds. The van der Waals surface area contributed by atoms with Crippen LogP contribution >= 0.6 is 12.2 Å². The van der Waals surface area contributed by atoms with Crippen LogP contribution in [-0.2, 0) is 6.18 Å². The molecule has 1 aromatic carbocycles. The Balaban J connectivity index is 2.63. The summed E-state index contributed by atoms with van der Waals surface area (Å²) in [5.41, 5.74) is 1.26. The number of halogens is 3. The fraction of sp³-hybridized carbons (Fsp3) is 0.154. The molecule has 1 heterocycles. The van der Waals surface area contributed by atoms with Crippen molar-refractivity contribution < 1.29 is 13.2 Å². The molecule has 0 aliphatic rings. The number of H-pyrrole nitrogens is 1. The molecular formula is C13H10F3NS. The summed E-state index contributed by atoms with van der Waals surface area (Å²) >= 11 is 4.84. The lowest BCUT2D eigenvalue weighted by Crippen LogP contribution is -2.06. The number of alkyl halides is 3. The molecule has 0 atom stereocenters. The molecule has 2 aromatic rings. The number of pyridine rings is 1. The van der Waals surface area contributed by atoms with Crippen molar-refractivity contribution >= 4 is 12.2 Å². The molecular weight excluding hydrogens is 259 g/mol. The molecule has 0 saturated heterocycles. The molecule has 1 nitrogen and oxygen atoms in total. The Morgan fingerprint density at radius 2 is 1.78 bits per heavy atom. The number of nitrogens with one attached hydrogen (secondary N) is 1. The smallest absolute Gasteiger partial charge is 0.346 e. The summed E-state index contributed by atoms with van der Waals surface area (Å²) in [4.78, 5) is 2.79. The van der Waals surface area contributed by atoms with E-state index in [-0.39, 0.29) is 4.64 Å². The fourth-order valence-corrected chi connectivity index (χ4v) is 1.96. The molecule has 1 aromatic heterocycles. The second-order valence-corrected chi connectivity index (χ2v) is 4.40. The summed E-state index contributed by atoms with van der Waals surface area (Å²) in [5, 5.41) is 0. The molecule has 0 spiro atoms. The third-order valence-corrected chi connectivity index (χ3v) is 2.83. The highest BCUT2D eigenvalue weighted by atomic mass is 32.1. The Bertz CT molecular complexity index is 629. The van der Waals surface area contributed by atoms with Gasteiger partial charge in [-0.3, -0.25) is 0 Å². The van der Waals surface area contributed by atoms with Gasteiger partial charge in [-0.25, -0.2) is 0 Å². The first-order chi connectivity index (χ1) is 8.38. The van der Waals surface area contributed by atoms with Crippen LogP contribution in [0, 0.1) is 11.6 Å². The standard InChI is InChI=1S/C13H10F3NS/c1-8-4-2-3-5-10(8)11-6-9(13(14,15)16)7-12(18)17-11/h2-7H,1H3,(H,17,18). The maximum atomic E-state index is 12.7. The van der Waals surface area contributed by atoms with Gasteiger partial charge in [-0.1, -0.05) is 36.5 Å². The molecule has 0 unspecified atom stereocenters. The van der Waals surface area contributed by atoms with Crippen molar-refractivity contribution in [3.63, 3.8) is 0 Å². The minimum absolute atomic E-state index is 0.0723. The van der Waals surface area contributed by atoms with Gasteiger partial charge in [0.15, 0.2) is 0 Å². The Labute approximate surface area is 107 Å². The molecule has 5 heteroatoms. The predicted molar refractivity (Wildman–Crippen MR) is 66.8 cm³/mol. The van der Waals surface area contributed by atoms with Crippen LogP contribution in [0.1, 0.15) is 11.1 Å². The van der Waals surface area contributed by atoms with Gasteiger partial charge in [-0.05, 0) is 24.6 Å². The topological polar surface area (TPSA) is 15.8 Å². The summed E-state index contributed by atoms with van der Waals surface area (Å²) in [6.07, 6.45) is -4.39. The lowest BCUT2D eigenvalue weighted by Gasteiger charge is -2.10. The monoisotopic (exact) mass is 269 g/mol. The third-order valence-electron chi connectivity index (χ3n) is 2.61. The zero-order chi connectivity index (χ0) is 13.3. The van der Waals surface area contributed by atoms with E-state index < -0.39 is 11.7 Å². The van der Waals surface area contributed by atoms with Crippen molar-refractivity contribution in [1.82, 2.24) is 4.98 Å². The Morgan fingerprint density at radius 3 is 2.39 bits per heavy atom. The molecule has 2 rings (SSSR count). The van der Waals surface area contributed by atoms with Crippen molar-refractivity contribution in [1.29, 1.82) is 0 Å². The summed E-state index contributed by atoms with van der Waals surface area (Å²) in [6, 6.07) is 9.22. The average molecular weight is 269 g/mol. The van der Waals surface area contributed by atoms with Crippen LogP contribution in [0.2, 0.25) is 0 Å². The third kappa shape index (κ3) is 2.61. The maximum absolute atomic E-state index is 12.7. The first kappa shape index (κ1) is 12.8. The van der Waals surface area contributed by atoms with Crippen molar-refractivity contribution in [3.8, 4) is 11.3 Å². The first-order valence-electron chi connectivity index (χ1n) is 5.25. The quantitative estimate of drug-likeness (QED) is 0.739. The zero-order valence-electron chi connectivity index (χ0n) is 9.51. The number of aryl methyl sites for hydroxylation is 1. The van der Waals surface area contributed by atoms with Crippen molar-refractivity contribution in [2.24, 2.45) is 0 Å². The van der Waals surface area contributed by atoms with Gasteiger partial charge in [0.2, 0.25) is 0 Å². The Morgan fingerprint density at radius 1 is 1.11 bits per heavy atom. The second kappa shape index (κ2) is 4.57. The molecule has 0 fully saturated rings. The minimum atomic E-state index is -4.39. The van der Waals surface area contributed by atoms with E-state index in [1.807, 2.05) is 19.1 Å². The van der Waals surface area contributed by atoms with Gasteiger partial charge in [-0.15, -0.1) is 0 Å². The highest BCUT2D eigenvalue weighted by molar-refractivity contribution is 7.71. The number of aromatic amines is 1. The van der Waals surface area contributed by atoms with E-state index in [9.17, 15) is 13.2 Å². The van der Waals surface area contributed by atoms with E-state index in [1.54, 1.807) is 12.1 Å². The van der Waals surface area contributed by atoms with E-state index in [1.165, 1.54) is 0 Å². The van der Waals surface area contributed by atoms with Crippen LogP contribution < -0.4 is 0 Å².